The Balaban J connectivity index is 1.65. The zero-order valence-corrected chi connectivity index (χ0v) is 12.5. The highest BCUT2D eigenvalue weighted by molar-refractivity contribution is 6.35. The number of hydrogen-bond acceptors (Lipinski definition) is 2. The van der Waals surface area contributed by atoms with Crippen LogP contribution in [0.15, 0.2) is 18.2 Å². The second-order valence-electron chi connectivity index (χ2n) is 5.47. The first-order chi connectivity index (χ1) is 9.63. The topological polar surface area (TPSA) is 44.4 Å². The van der Waals surface area contributed by atoms with Crippen molar-refractivity contribution in [3.05, 3.63) is 28.2 Å². The fourth-order valence-corrected chi connectivity index (χ4v) is 3.34. The summed E-state index contributed by atoms with van der Waals surface area (Å²) in [5, 5.41) is 7.30. The van der Waals surface area contributed by atoms with E-state index in [4.69, 9.17) is 23.2 Å². The molecule has 0 radical (unpaired) electrons. The molecule has 2 aliphatic rings. The molecule has 2 saturated heterocycles. The number of piperidine rings is 1. The fourth-order valence-electron chi connectivity index (χ4n) is 3.01. The summed E-state index contributed by atoms with van der Waals surface area (Å²) in [5.41, 5.74) is 0.566. The van der Waals surface area contributed by atoms with Crippen molar-refractivity contribution in [3.8, 4) is 0 Å². The highest BCUT2D eigenvalue weighted by Gasteiger charge is 2.34. The molecule has 4 nitrogen and oxygen atoms in total. The van der Waals surface area contributed by atoms with E-state index in [2.05, 4.69) is 10.6 Å². The Morgan fingerprint density at radius 1 is 1.30 bits per heavy atom. The van der Waals surface area contributed by atoms with Crippen LogP contribution in [0.3, 0.4) is 0 Å². The predicted molar refractivity (Wildman–Crippen MR) is 81.5 cm³/mol. The molecule has 6 heteroatoms. The lowest BCUT2D eigenvalue weighted by atomic mass is 9.89. The van der Waals surface area contributed by atoms with E-state index in [1.807, 2.05) is 4.90 Å². The molecule has 3 rings (SSSR count). The zero-order chi connectivity index (χ0) is 14.1. The van der Waals surface area contributed by atoms with Gasteiger partial charge in [0.2, 0.25) is 0 Å². The van der Waals surface area contributed by atoms with Crippen LogP contribution in [0.25, 0.3) is 0 Å². The minimum absolute atomic E-state index is 0.0977. The van der Waals surface area contributed by atoms with Crippen LogP contribution in [0.4, 0.5) is 10.5 Å². The van der Waals surface area contributed by atoms with Gasteiger partial charge in [0.25, 0.3) is 0 Å². The Morgan fingerprint density at radius 3 is 2.95 bits per heavy atom. The normalized spacial score (nSPS) is 25.4. The van der Waals surface area contributed by atoms with Crippen molar-refractivity contribution in [1.82, 2.24) is 10.2 Å². The Kier molecular flexibility index (Phi) is 4.06. The number of hydrogen-bond donors (Lipinski definition) is 2. The predicted octanol–water partition coefficient (Wildman–Crippen LogP) is 3.07. The highest BCUT2D eigenvalue weighted by atomic mass is 35.5. The minimum Gasteiger partial charge on any atom is -0.324 e. The van der Waals surface area contributed by atoms with E-state index >= 15 is 0 Å². The summed E-state index contributed by atoms with van der Waals surface area (Å²) in [6.45, 7) is 3.70. The van der Waals surface area contributed by atoms with Gasteiger partial charge in [-0.1, -0.05) is 23.2 Å². The lowest BCUT2D eigenvalue weighted by Crippen LogP contribution is -2.45. The standard InChI is InChI=1S/C14H17Cl2N3O/c15-11-1-2-12(16)13(5-11)18-14(20)19-4-3-9-6-17-7-10(9)8-19/h1-2,5,9-10,17H,3-4,6-8H2,(H,18,20). The number of benzene rings is 1. The van der Waals surface area contributed by atoms with Crippen molar-refractivity contribution >= 4 is 34.9 Å². The van der Waals surface area contributed by atoms with Crippen LogP contribution in [0, 0.1) is 11.8 Å². The van der Waals surface area contributed by atoms with Crippen molar-refractivity contribution in [3.63, 3.8) is 0 Å². The molecular formula is C14H17Cl2N3O. The van der Waals surface area contributed by atoms with Crippen LogP contribution in [0.5, 0.6) is 0 Å². The number of halogens is 2. The van der Waals surface area contributed by atoms with Crippen molar-refractivity contribution in [1.29, 1.82) is 0 Å². The molecule has 2 fully saturated rings. The number of fused-ring (bicyclic) bond motifs is 1. The van der Waals surface area contributed by atoms with Gasteiger partial charge >= 0.3 is 6.03 Å². The third kappa shape index (κ3) is 2.87. The average Bonchev–Trinajstić information content (AvgIpc) is 2.90. The number of amides is 2. The first-order valence-corrected chi connectivity index (χ1v) is 7.61. The quantitative estimate of drug-likeness (QED) is 0.837. The summed E-state index contributed by atoms with van der Waals surface area (Å²) >= 11 is 12.0. The van der Waals surface area contributed by atoms with Crippen LogP contribution < -0.4 is 10.6 Å². The SMILES string of the molecule is O=C(Nc1cc(Cl)ccc1Cl)N1CCC2CNCC2C1. The third-order valence-electron chi connectivity index (χ3n) is 4.16. The average molecular weight is 314 g/mol. The number of rotatable bonds is 1. The summed E-state index contributed by atoms with van der Waals surface area (Å²) in [6.07, 6.45) is 1.06. The number of nitrogens with one attached hydrogen (secondary N) is 2. The van der Waals surface area contributed by atoms with Crippen LogP contribution >= 0.6 is 23.2 Å². The van der Waals surface area contributed by atoms with Crippen LogP contribution in [0.1, 0.15) is 6.42 Å². The van der Waals surface area contributed by atoms with Crippen molar-refractivity contribution < 1.29 is 4.79 Å². The number of urea groups is 1. The van der Waals surface area contributed by atoms with Gasteiger partial charge in [0.05, 0.1) is 10.7 Å². The Hall–Kier alpha value is -0.970. The van der Waals surface area contributed by atoms with Gasteiger partial charge in [-0.25, -0.2) is 4.79 Å². The molecule has 2 N–H and O–H groups in total. The minimum atomic E-state index is -0.0977. The van der Waals surface area contributed by atoms with Crippen LogP contribution in [-0.2, 0) is 0 Å². The molecule has 0 spiro atoms. The van der Waals surface area contributed by atoms with Gasteiger partial charge in [0, 0.05) is 18.1 Å². The van der Waals surface area contributed by atoms with E-state index in [1.165, 1.54) is 0 Å². The van der Waals surface area contributed by atoms with Gasteiger partial charge in [-0.2, -0.15) is 0 Å². The van der Waals surface area contributed by atoms with E-state index in [-0.39, 0.29) is 6.03 Å². The molecule has 2 unspecified atom stereocenters. The molecule has 108 valence electrons. The van der Waals surface area contributed by atoms with Crippen LogP contribution in [-0.4, -0.2) is 37.1 Å². The maximum atomic E-state index is 12.3. The first kappa shape index (κ1) is 14.0. The summed E-state index contributed by atoms with van der Waals surface area (Å²) in [7, 11) is 0. The first-order valence-electron chi connectivity index (χ1n) is 6.85. The molecule has 2 heterocycles. The Labute approximate surface area is 128 Å². The van der Waals surface area contributed by atoms with Crippen molar-refractivity contribution in [2.75, 3.05) is 31.5 Å². The van der Waals surface area contributed by atoms with E-state index in [0.717, 1.165) is 32.6 Å². The number of anilines is 1. The van der Waals surface area contributed by atoms with E-state index in [9.17, 15) is 4.79 Å². The number of nitrogens with zero attached hydrogens (tertiary/aromatic N) is 1. The van der Waals surface area contributed by atoms with Crippen LogP contribution in [0.2, 0.25) is 10.0 Å². The highest BCUT2D eigenvalue weighted by Crippen LogP contribution is 2.28. The molecule has 2 amide bonds. The molecule has 2 aliphatic heterocycles. The molecule has 20 heavy (non-hydrogen) atoms. The molecule has 1 aromatic carbocycles. The number of likely N-dealkylation sites (tertiary alicyclic amines) is 1. The van der Waals surface area contributed by atoms with Gasteiger partial charge in [-0.3, -0.25) is 0 Å². The lowest BCUT2D eigenvalue weighted by molar-refractivity contribution is 0.161. The van der Waals surface area contributed by atoms with Gasteiger partial charge in [0.1, 0.15) is 0 Å². The van der Waals surface area contributed by atoms with E-state index in [0.29, 0.717) is 27.6 Å². The Bertz CT molecular complexity index is 523. The van der Waals surface area contributed by atoms with Gasteiger partial charge in [-0.05, 0) is 49.5 Å². The molecule has 0 aliphatic carbocycles. The molecule has 0 aromatic heterocycles. The summed E-state index contributed by atoms with van der Waals surface area (Å²) < 4.78 is 0. The summed E-state index contributed by atoms with van der Waals surface area (Å²) in [4.78, 5) is 14.2. The smallest absolute Gasteiger partial charge is 0.321 e. The lowest BCUT2D eigenvalue weighted by Gasteiger charge is -2.34. The van der Waals surface area contributed by atoms with Gasteiger partial charge in [0.15, 0.2) is 0 Å². The van der Waals surface area contributed by atoms with Gasteiger partial charge in [-0.15, -0.1) is 0 Å². The molecule has 1 aromatic rings. The molecule has 0 bridgehead atoms. The fraction of sp³-hybridized carbons (Fsp3) is 0.500. The third-order valence-corrected chi connectivity index (χ3v) is 4.73. The van der Waals surface area contributed by atoms with E-state index < -0.39 is 0 Å². The monoisotopic (exact) mass is 313 g/mol. The maximum absolute atomic E-state index is 12.3. The Morgan fingerprint density at radius 2 is 2.10 bits per heavy atom. The van der Waals surface area contributed by atoms with Crippen molar-refractivity contribution in [2.45, 2.75) is 6.42 Å². The van der Waals surface area contributed by atoms with Gasteiger partial charge < -0.3 is 15.5 Å². The summed E-state index contributed by atoms with van der Waals surface area (Å²) in [6, 6.07) is 4.97. The maximum Gasteiger partial charge on any atom is 0.321 e. The second kappa shape index (κ2) is 5.80. The molecule has 0 saturated carbocycles. The van der Waals surface area contributed by atoms with E-state index in [1.54, 1.807) is 18.2 Å². The van der Waals surface area contributed by atoms with Crippen molar-refractivity contribution in [2.24, 2.45) is 11.8 Å². The largest absolute Gasteiger partial charge is 0.324 e. The number of carbonyl (C=O) groups excluding carboxylic acids is 1. The zero-order valence-electron chi connectivity index (χ0n) is 11.0. The summed E-state index contributed by atoms with van der Waals surface area (Å²) in [5.74, 6) is 1.29. The second-order valence-corrected chi connectivity index (χ2v) is 6.31. The number of carbonyl (C=O) groups is 1. The molecule has 2 atom stereocenters. The molecular weight excluding hydrogens is 297 g/mol.